The molecule has 2 atom stereocenters. The largest absolute Gasteiger partial charge is 0.486 e. The molecule has 0 bridgehead atoms. The summed E-state index contributed by atoms with van der Waals surface area (Å²) < 4.78 is 36.8. The van der Waals surface area contributed by atoms with Gasteiger partial charge in [0.05, 0.1) is 5.92 Å². The molecule has 2 aliphatic rings. The lowest BCUT2D eigenvalue weighted by molar-refractivity contribution is -0.139. The molecular formula is C34H38F2O3. The smallest absolute Gasteiger partial charge is 0.307 e. The van der Waals surface area contributed by atoms with E-state index in [0.29, 0.717) is 24.0 Å². The third-order valence-corrected chi connectivity index (χ3v) is 8.70. The van der Waals surface area contributed by atoms with Crippen LogP contribution in [0.2, 0.25) is 0 Å². The summed E-state index contributed by atoms with van der Waals surface area (Å²) in [6, 6.07) is 14.7. The highest BCUT2D eigenvalue weighted by molar-refractivity contribution is 5.78. The van der Waals surface area contributed by atoms with Crippen LogP contribution >= 0.6 is 0 Å². The zero-order valence-electron chi connectivity index (χ0n) is 23.4. The standard InChI is InChI=1S/C34H38F2O3/c1-5-14-33(3,4)18-24-17-22(9-11-25(24)26-16-21(2)8-12-28(26)35)20-39-29-13-10-23-7-6-15-34(30(23)31(29)36)19-27(34)32(37)38/h8-13,16-17,27H,5-7,14-15,18-20H2,1-4H3,(H,37,38). The predicted octanol–water partition coefficient (Wildman–Crippen LogP) is 8.57. The van der Waals surface area contributed by atoms with E-state index in [1.165, 1.54) is 6.07 Å². The van der Waals surface area contributed by atoms with Gasteiger partial charge in [0.25, 0.3) is 0 Å². The average Bonchev–Trinajstić information content (AvgIpc) is 3.59. The van der Waals surface area contributed by atoms with Crippen LogP contribution in [0, 0.1) is 29.9 Å². The third kappa shape index (κ3) is 5.33. The second-order valence-electron chi connectivity index (χ2n) is 12.4. The van der Waals surface area contributed by atoms with Crippen LogP contribution in [0.25, 0.3) is 11.1 Å². The summed E-state index contributed by atoms with van der Waals surface area (Å²) >= 11 is 0. The van der Waals surface area contributed by atoms with Gasteiger partial charge in [-0.1, -0.05) is 63.1 Å². The summed E-state index contributed by atoms with van der Waals surface area (Å²) in [6.45, 7) is 8.77. The molecule has 5 heteroatoms. The molecule has 2 aliphatic carbocycles. The van der Waals surface area contributed by atoms with E-state index < -0.39 is 23.1 Å². The van der Waals surface area contributed by atoms with Crippen LogP contribution < -0.4 is 4.74 Å². The van der Waals surface area contributed by atoms with Gasteiger partial charge in [0, 0.05) is 16.5 Å². The lowest BCUT2D eigenvalue weighted by Crippen LogP contribution is -2.23. The molecule has 1 fully saturated rings. The van der Waals surface area contributed by atoms with Crippen molar-refractivity contribution >= 4 is 5.97 Å². The van der Waals surface area contributed by atoms with E-state index in [9.17, 15) is 14.3 Å². The number of aryl methyl sites for hydroxylation is 2. The van der Waals surface area contributed by atoms with Crippen LogP contribution in [0.1, 0.15) is 80.7 Å². The van der Waals surface area contributed by atoms with Crippen LogP contribution in [0.5, 0.6) is 5.75 Å². The van der Waals surface area contributed by atoms with Crippen LogP contribution in [0.3, 0.4) is 0 Å². The van der Waals surface area contributed by atoms with Gasteiger partial charge >= 0.3 is 5.97 Å². The number of ether oxygens (including phenoxy) is 1. The van der Waals surface area contributed by atoms with Gasteiger partial charge < -0.3 is 9.84 Å². The quantitative estimate of drug-likeness (QED) is 0.300. The van der Waals surface area contributed by atoms with Crippen molar-refractivity contribution in [1.29, 1.82) is 0 Å². The highest BCUT2D eigenvalue weighted by Gasteiger charge is 2.62. The maximum Gasteiger partial charge on any atom is 0.307 e. The monoisotopic (exact) mass is 532 g/mol. The predicted molar refractivity (Wildman–Crippen MR) is 150 cm³/mol. The molecule has 1 spiro atoms. The topological polar surface area (TPSA) is 46.5 Å². The van der Waals surface area contributed by atoms with E-state index in [4.69, 9.17) is 4.74 Å². The third-order valence-electron chi connectivity index (χ3n) is 8.70. The van der Waals surface area contributed by atoms with Crippen molar-refractivity contribution in [2.75, 3.05) is 0 Å². The van der Waals surface area contributed by atoms with E-state index in [1.807, 2.05) is 31.2 Å². The number of hydrogen-bond donors (Lipinski definition) is 1. The number of fused-ring (bicyclic) bond motifs is 2. The first-order valence-electron chi connectivity index (χ1n) is 14.1. The van der Waals surface area contributed by atoms with Crippen LogP contribution in [-0.4, -0.2) is 11.1 Å². The van der Waals surface area contributed by atoms with E-state index in [-0.39, 0.29) is 23.6 Å². The maximum atomic E-state index is 15.8. The van der Waals surface area contributed by atoms with Crippen molar-refractivity contribution in [2.24, 2.45) is 11.3 Å². The molecule has 206 valence electrons. The number of hydrogen-bond acceptors (Lipinski definition) is 2. The normalized spacial score (nSPS) is 20.1. The number of rotatable bonds is 9. The first-order chi connectivity index (χ1) is 18.5. The second-order valence-corrected chi connectivity index (χ2v) is 12.4. The molecular weight excluding hydrogens is 494 g/mol. The molecule has 2 unspecified atom stereocenters. The lowest BCUT2D eigenvalue weighted by Gasteiger charge is -2.27. The Morgan fingerprint density at radius 2 is 1.90 bits per heavy atom. The number of carbonyl (C=O) groups is 1. The van der Waals surface area contributed by atoms with Crippen molar-refractivity contribution in [2.45, 2.75) is 84.7 Å². The maximum absolute atomic E-state index is 15.8. The fourth-order valence-corrected chi connectivity index (χ4v) is 6.79. The molecule has 1 N–H and O–H groups in total. The van der Waals surface area contributed by atoms with Gasteiger partial charge in [0.15, 0.2) is 11.6 Å². The number of carboxylic acids is 1. The van der Waals surface area contributed by atoms with Crippen molar-refractivity contribution < 1.29 is 23.4 Å². The summed E-state index contributed by atoms with van der Waals surface area (Å²) in [5.74, 6) is -1.88. The van der Waals surface area contributed by atoms with Crippen molar-refractivity contribution in [3.05, 3.63) is 88.0 Å². The second kappa shape index (κ2) is 10.4. The Morgan fingerprint density at radius 3 is 2.62 bits per heavy atom. The molecule has 3 aromatic rings. The highest BCUT2D eigenvalue weighted by Crippen LogP contribution is 2.61. The molecule has 0 radical (unpaired) electrons. The lowest BCUT2D eigenvalue weighted by atomic mass is 9.78. The number of benzene rings is 3. The summed E-state index contributed by atoms with van der Waals surface area (Å²) in [7, 11) is 0. The minimum absolute atomic E-state index is 0.0349. The first kappa shape index (κ1) is 27.4. The Morgan fingerprint density at radius 1 is 1.10 bits per heavy atom. The molecule has 0 aromatic heterocycles. The van der Waals surface area contributed by atoms with Gasteiger partial charge in [-0.05, 0) is 91.3 Å². The number of carboxylic acid groups (broad SMARTS) is 1. The Labute approximate surface area is 230 Å². The van der Waals surface area contributed by atoms with E-state index in [2.05, 4.69) is 26.8 Å². The Hall–Kier alpha value is -3.21. The summed E-state index contributed by atoms with van der Waals surface area (Å²) in [5, 5.41) is 9.61. The SMILES string of the molecule is CCCC(C)(C)Cc1cc(COc2ccc3c(c2F)C2(CCC3)CC2C(=O)O)ccc1-c1cc(C)ccc1F. The van der Waals surface area contributed by atoms with Crippen molar-refractivity contribution in [1.82, 2.24) is 0 Å². The minimum atomic E-state index is -0.850. The Kier molecular flexibility index (Phi) is 7.30. The van der Waals surface area contributed by atoms with Gasteiger partial charge in [-0.3, -0.25) is 4.79 Å². The van der Waals surface area contributed by atoms with E-state index in [1.54, 1.807) is 12.1 Å². The zero-order chi connectivity index (χ0) is 27.9. The molecule has 5 rings (SSSR count). The molecule has 3 nitrogen and oxygen atoms in total. The van der Waals surface area contributed by atoms with Gasteiger partial charge in [-0.2, -0.15) is 0 Å². The van der Waals surface area contributed by atoms with Gasteiger partial charge in [-0.25, -0.2) is 8.78 Å². The van der Waals surface area contributed by atoms with Crippen LogP contribution in [0.15, 0.2) is 48.5 Å². The van der Waals surface area contributed by atoms with Crippen LogP contribution in [0.4, 0.5) is 8.78 Å². The summed E-state index contributed by atoms with van der Waals surface area (Å²) in [5.41, 5.74) is 5.28. The van der Waals surface area contributed by atoms with E-state index in [0.717, 1.165) is 59.9 Å². The fraction of sp³-hybridized carbons (Fsp3) is 0.441. The van der Waals surface area contributed by atoms with E-state index >= 15 is 4.39 Å². The fourth-order valence-electron chi connectivity index (χ4n) is 6.79. The van der Waals surface area contributed by atoms with Crippen LogP contribution in [-0.2, 0) is 29.7 Å². The van der Waals surface area contributed by atoms with Crippen molar-refractivity contribution in [3.8, 4) is 16.9 Å². The molecule has 0 aliphatic heterocycles. The van der Waals surface area contributed by atoms with Gasteiger partial charge in [-0.15, -0.1) is 0 Å². The molecule has 1 saturated carbocycles. The minimum Gasteiger partial charge on any atom is -0.486 e. The molecule has 3 aromatic carbocycles. The molecule has 0 saturated heterocycles. The highest BCUT2D eigenvalue weighted by atomic mass is 19.1. The van der Waals surface area contributed by atoms with Gasteiger partial charge in [0.2, 0.25) is 0 Å². The number of aliphatic carboxylic acids is 1. The first-order valence-corrected chi connectivity index (χ1v) is 14.1. The zero-order valence-corrected chi connectivity index (χ0v) is 23.4. The average molecular weight is 533 g/mol. The molecule has 0 amide bonds. The van der Waals surface area contributed by atoms with Crippen molar-refractivity contribution in [3.63, 3.8) is 0 Å². The molecule has 39 heavy (non-hydrogen) atoms. The van der Waals surface area contributed by atoms with Gasteiger partial charge in [0.1, 0.15) is 12.4 Å². The Balaban J connectivity index is 1.45. The Bertz CT molecular complexity index is 1410. The summed E-state index contributed by atoms with van der Waals surface area (Å²) in [4.78, 5) is 11.7. The molecule has 0 heterocycles. The summed E-state index contributed by atoms with van der Waals surface area (Å²) in [6.07, 6.45) is 5.71. The number of halogens is 2.